The number of carbonyl (C=O) groups is 1. The standard InChI is InChI=1S/C20H22N2O6/c1-26-16-5-7-17(8-6-16)27-12-13-28-20(23)18-14-15(22(24)25)4-9-19(18)21-10-2-3-11-21/h4-9,14H,2-3,10-13H2,1H3. The van der Waals surface area contributed by atoms with Gasteiger partial charge in [-0.25, -0.2) is 4.79 Å². The van der Waals surface area contributed by atoms with E-state index in [1.165, 1.54) is 12.1 Å². The van der Waals surface area contributed by atoms with E-state index in [0.717, 1.165) is 31.7 Å². The van der Waals surface area contributed by atoms with Crippen molar-refractivity contribution in [2.45, 2.75) is 12.8 Å². The van der Waals surface area contributed by atoms with E-state index in [4.69, 9.17) is 14.2 Å². The van der Waals surface area contributed by atoms with Gasteiger partial charge in [-0.2, -0.15) is 0 Å². The maximum atomic E-state index is 12.5. The molecule has 0 unspecified atom stereocenters. The van der Waals surface area contributed by atoms with E-state index in [1.807, 2.05) is 4.90 Å². The van der Waals surface area contributed by atoms with Crippen LogP contribution >= 0.6 is 0 Å². The minimum Gasteiger partial charge on any atom is -0.497 e. The molecule has 0 bridgehead atoms. The Bertz CT molecular complexity index is 831. The van der Waals surface area contributed by atoms with Crippen molar-refractivity contribution in [1.82, 2.24) is 0 Å². The summed E-state index contributed by atoms with van der Waals surface area (Å²) in [5, 5.41) is 11.1. The molecular weight excluding hydrogens is 364 g/mol. The number of benzene rings is 2. The number of nitro groups is 1. The number of anilines is 1. The third kappa shape index (κ3) is 4.70. The highest BCUT2D eigenvalue weighted by molar-refractivity contribution is 5.96. The third-order valence-electron chi connectivity index (χ3n) is 4.50. The Hall–Kier alpha value is -3.29. The second-order valence-corrected chi connectivity index (χ2v) is 6.31. The number of carbonyl (C=O) groups excluding carboxylic acids is 1. The van der Waals surface area contributed by atoms with Gasteiger partial charge in [0, 0.05) is 25.2 Å². The third-order valence-corrected chi connectivity index (χ3v) is 4.50. The van der Waals surface area contributed by atoms with Crippen LogP contribution in [0.25, 0.3) is 0 Å². The molecule has 28 heavy (non-hydrogen) atoms. The number of hydrogen-bond donors (Lipinski definition) is 0. The summed E-state index contributed by atoms with van der Waals surface area (Å²) in [5.74, 6) is 0.757. The summed E-state index contributed by atoms with van der Waals surface area (Å²) in [7, 11) is 1.58. The van der Waals surface area contributed by atoms with Gasteiger partial charge < -0.3 is 19.1 Å². The Labute approximate surface area is 162 Å². The number of ether oxygens (including phenoxy) is 3. The van der Waals surface area contributed by atoms with Crippen molar-refractivity contribution in [3.63, 3.8) is 0 Å². The molecule has 0 atom stereocenters. The predicted molar refractivity (Wildman–Crippen MR) is 103 cm³/mol. The van der Waals surface area contributed by atoms with Crippen LogP contribution in [0.1, 0.15) is 23.2 Å². The molecule has 3 rings (SSSR count). The van der Waals surface area contributed by atoms with Gasteiger partial charge in [-0.15, -0.1) is 0 Å². The molecule has 2 aromatic carbocycles. The van der Waals surface area contributed by atoms with Crippen LogP contribution in [0.2, 0.25) is 0 Å². The van der Waals surface area contributed by atoms with E-state index in [0.29, 0.717) is 11.4 Å². The summed E-state index contributed by atoms with van der Waals surface area (Å²) < 4.78 is 15.9. The van der Waals surface area contributed by atoms with Crippen LogP contribution < -0.4 is 14.4 Å². The molecule has 1 aliphatic rings. The fourth-order valence-corrected chi connectivity index (χ4v) is 3.08. The molecule has 1 heterocycles. The molecule has 0 amide bonds. The van der Waals surface area contributed by atoms with Crippen molar-refractivity contribution in [2.24, 2.45) is 0 Å². The quantitative estimate of drug-likeness (QED) is 0.297. The molecule has 0 N–H and O–H groups in total. The fraction of sp³-hybridized carbons (Fsp3) is 0.350. The Morgan fingerprint density at radius 2 is 1.75 bits per heavy atom. The Morgan fingerprint density at radius 1 is 1.07 bits per heavy atom. The molecule has 0 aliphatic carbocycles. The summed E-state index contributed by atoms with van der Waals surface area (Å²) in [6, 6.07) is 11.4. The molecule has 1 saturated heterocycles. The van der Waals surface area contributed by atoms with Crippen LogP contribution in [0, 0.1) is 10.1 Å². The van der Waals surface area contributed by atoms with Gasteiger partial charge in [0.1, 0.15) is 24.7 Å². The molecule has 1 aliphatic heterocycles. The maximum Gasteiger partial charge on any atom is 0.340 e. The van der Waals surface area contributed by atoms with Crippen LogP contribution in [0.3, 0.4) is 0 Å². The van der Waals surface area contributed by atoms with E-state index in [1.54, 1.807) is 37.4 Å². The summed E-state index contributed by atoms with van der Waals surface area (Å²) in [4.78, 5) is 25.2. The monoisotopic (exact) mass is 386 g/mol. The largest absolute Gasteiger partial charge is 0.497 e. The van der Waals surface area contributed by atoms with E-state index >= 15 is 0 Å². The fourth-order valence-electron chi connectivity index (χ4n) is 3.08. The summed E-state index contributed by atoms with van der Waals surface area (Å²) >= 11 is 0. The van der Waals surface area contributed by atoms with Gasteiger partial charge in [-0.3, -0.25) is 10.1 Å². The van der Waals surface area contributed by atoms with Gasteiger partial charge in [-0.1, -0.05) is 0 Å². The zero-order valence-electron chi connectivity index (χ0n) is 15.6. The molecule has 1 fully saturated rings. The van der Waals surface area contributed by atoms with Crippen LogP contribution in [0.4, 0.5) is 11.4 Å². The number of methoxy groups -OCH3 is 1. The van der Waals surface area contributed by atoms with Crippen LogP contribution in [0.5, 0.6) is 11.5 Å². The van der Waals surface area contributed by atoms with Gasteiger partial charge in [0.2, 0.25) is 0 Å². The second kappa shape index (κ2) is 9.07. The van der Waals surface area contributed by atoms with E-state index < -0.39 is 10.9 Å². The first-order valence-electron chi connectivity index (χ1n) is 9.06. The first-order valence-corrected chi connectivity index (χ1v) is 9.06. The van der Waals surface area contributed by atoms with Gasteiger partial charge in [0.05, 0.1) is 23.3 Å². The average Bonchev–Trinajstić information content (AvgIpc) is 3.25. The van der Waals surface area contributed by atoms with E-state index in [2.05, 4.69) is 0 Å². The summed E-state index contributed by atoms with van der Waals surface area (Å²) in [6.45, 7) is 1.84. The minimum absolute atomic E-state index is 0.0347. The van der Waals surface area contributed by atoms with Gasteiger partial charge in [0.15, 0.2) is 0 Å². The zero-order chi connectivity index (χ0) is 19.9. The van der Waals surface area contributed by atoms with Crippen LogP contribution in [-0.2, 0) is 4.74 Å². The molecule has 8 nitrogen and oxygen atoms in total. The molecule has 148 valence electrons. The number of non-ortho nitro benzene ring substituents is 1. The Morgan fingerprint density at radius 3 is 2.39 bits per heavy atom. The molecule has 0 spiro atoms. The normalized spacial score (nSPS) is 13.2. The molecule has 0 aromatic heterocycles. The van der Waals surface area contributed by atoms with Crippen molar-refractivity contribution in [3.8, 4) is 11.5 Å². The highest BCUT2D eigenvalue weighted by Crippen LogP contribution is 2.29. The lowest BCUT2D eigenvalue weighted by Gasteiger charge is -2.20. The lowest BCUT2D eigenvalue weighted by atomic mass is 10.1. The van der Waals surface area contributed by atoms with Crippen molar-refractivity contribution < 1.29 is 23.9 Å². The average molecular weight is 386 g/mol. The lowest BCUT2D eigenvalue weighted by Crippen LogP contribution is -2.22. The van der Waals surface area contributed by atoms with Crippen molar-refractivity contribution in [3.05, 3.63) is 58.1 Å². The molecular formula is C20H22N2O6. The number of esters is 1. The summed E-state index contributed by atoms with van der Waals surface area (Å²) in [6.07, 6.45) is 2.06. The number of nitrogens with zero attached hydrogens (tertiary/aromatic N) is 2. The number of rotatable bonds is 8. The van der Waals surface area contributed by atoms with Crippen molar-refractivity contribution in [2.75, 3.05) is 38.3 Å². The molecule has 2 aromatic rings. The molecule has 0 radical (unpaired) electrons. The SMILES string of the molecule is COc1ccc(OCCOC(=O)c2cc([N+](=O)[O-])ccc2N2CCCC2)cc1. The minimum atomic E-state index is -0.594. The van der Waals surface area contributed by atoms with E-state index in [9.17, 15) is 14.9 Å². The van der Waals surface area contributed by atoms with Crippen LogP contribution in [-0.4, -0.2) is 44.3 Å². The van der Waals surface area contributed by atoms with Crippen molar-refractivity contribution in [1.29, 1.82) is 0 Å². The highest BCUT2D eigenvalue weighted by Gasteiger charge is 2.23. The molecule has 0 saturated carbocycles. The molecule has 8 heteroatoms. The van der Waals surface area contributed by atoms with Crippen LogP contribution in [0.15, 0.2) is 42.5 Å². The maximum absolute atomic E-state index is 12.5. The topological polar surface area (TPSA) is 91.1 Å². The van der Waals surface area contributed by atoms with Gasteiger partial charge >= 0.3 is 5.97 Å². The van der Waals surface area contributed by atoms with Crippen molar-refractivity contribution >= 4 is 17.3 Å². The highest BCUT2D eigenvalue weighted by atomic mass is 16.6. The second-order valence-electron chi connectivity index (χ2n) is 6.31. The number of hydrogen-bond acceptors (Lipinski definition) is 7. The lowest BCUT2D eigenvalue weighted by molar-refractivity contribution is -0.384. The van der Waals surface area contributed by atoms with Gasteiger partial charge in [-0.05, 0) is 43.2 Å². The summed E-state index contributed by atoms with van der Waals surface area (Å²) in [5.41, 5.74) is 0.745. The first-order chi connectivity index (χ1) is 13.6. The predicted octanol–water partition coefficient (Wildman–Crippen LogP) is 3.44. The smallest absolute Gasteiger partial charge is 0.340 e. The first kappa shape index (κ1) is 19.5. The Balaban J connectivity index is 1.61. The van der Waals surface area contributed by atoms with Gasteiger partial charge in [0.25, 0.3) is 5.69 Å². The Kier molecular flexibility index (Phi) is 6.31. The van der Waals surface area contributed by atoms with E-state index in [-0.39, 0.29) is 24.5 Å². The number of nitro benzene ring substituents is 1. The zero-order valence-corrected chi connectivity index (χ0v) is 15.6.